The summed E-state index contributed by atoms with van der Waals surface area (Å²) in [5.74, 6) is 0. The van der Waals surface area contributed by atoms with Gasteiger partial charge in [0.2, 0.25) is 0 Å². The minimum absolute atomic E-state index is 0.709. The average Bonchev–Trinajstić information content (AvgIpc) is 2.24. The number of hydrogen-bond donors (Lipinski definition) is 1. The zero-order chi connectivity index (χ0) is 10.7. The molecule has 2 aliphatic rings. The molecule has 1 spiro atoms. The van der Waals surface area contributed by atoms with Crippen LogP contribution in [0.3, 0.4) is 0 Å². The Labute approximate surface area is 94.4 Å². The maximum Gasteiger partial charge on any atom is 0.00669 e. The van der Waals surface area contributed by atoms with E-state index in [1.54, 1.807) is 0 Å². The van der Waals surface area contributed by atoms with Crippen molar-refractivity contribution in [3.63, 3.8) is 0 Å². The normalized spacial score (nSPS) is 27.6. The molecule has 0 amide bonds. The van der Waals surface area contributed by atoms with E-state index in [2.05, 4.69) is 24.1 Å². The van der Waals surface area contributed by atoms with Crippen LogP contribution in [-0.2, 0) is 0 Å². The molecule has 2 rings (SSSR count). The highest BCUT2D eigenvalue weighted by Crippen LogP contribution is 2.35. The van der Waals surface area contributed by atoms with Crippen molar-refractivity contribution in [2.75, 3.05) is 26.2 Å². The van der Waals surface area contributed by atoms with E-state index in [9.17, 15) is 0 Å². The number of likely N-dealkylation sites (tertiary alicyclic amines) is 1. The summed E-state index contributed by atoms with van der Waals surface area (Å²) in [6.45, 7) is 9.94. The van der Waals surface area contributed by atoms with Crippen LogP contribution in [0.4, 0.5) is 0 Å². The average molecular weight is 210 g/mol. The Morgan fingerprint density at radius 3 is 2.40 bits per heavy atom. The molecule has 0 saturated carbocycles. The third kappa shape index (κ3) is 2.54. The molecule has 2 nitrogen and oxygen atoms in total. The van der Waals surface area contributed by atoms with Gasteiger partial charge in [-0.15, -0.1) is 0 Å². The van der Waals surface area contributed by atoms with Crippen LogP contribution in [-0.4, -0.2) is 37.1 Å². The van der Waals surface area contributed by atoms with E-state index in [0.717, 1.165) is 6.04 Å². The van der Waals surface area contributed by atoms with Gasteiger partial charge in [-0.2, -0.15) is 0 Å². The Morgan fingerprint density at radius 1 is 1.27 bits per heavy atom. The maximum absolute atomic E-state index is 3.43. The lowest BCUT2D eigenvalue weighted by molar-refractivity contribution is 0.0362. The Kier molecular flexibility index (Phi) is 3.68. The van der Waals surface area contributed by atoms with Crippen LogP contribution in [0.15, 0.2) is 0 Å². The van der Waals surface area contributed by atoms with Crippen molar-refractivity contribution in [2.45, 2.75) is 52.0 Å². The van der Waals surface area contributed by atoms with Crippen LogP contribution in [0, 0.1) is 5.41 Å². The van der Waals surface area contributed by atoms with Gasteiger partial charge >= 0.3 is 0 Å². The molecule has 2 fully saturated rings. The summed E-state index contributed by atoms with van der Waals surface area (Å²) in [4.78, 5) is 2.71. The predicted molar refractivity (Wildman–Crippen MR) is 65.1 cm³/mol. The zero-order valence-corrected chi connectivity index (χ0v) is 10.4. The minimum atomic E-state index is 0.709. The van der Waals surface area contributed by atoms with E-state index in [0.29, 0.717) is 5.41 Å². The largest absolute Gasteiger partial charge is 0.316 e. The van der Waals surface area contributed by atoms with E-state index in [1.165, 1.54) is 58.3 Å². The predicted octanol–water partition coefficient (Wildman–Crippen LogP) is 2.25. The molecule has 2 aliphatic heterocycles. The van der Waals surface area contributed by atoms with Crippen molar-refractivity contribution < 1.29 is 0 Å². The molecule has 0 aromatic carbocycles. The van der Waals surface area contributed by atoms with Gasteiger partial charge in [-0.1, -0.05) is 19.8 Å². The summed E-state index contributed by atoms with van der Waals surface area (Å²) in [6, 6.07) is 0.815. The Morgan fingerprint density at radius 2 is 1.93 bits per heavy atom. The van der Waals surface area contributed by atoms with Crippen LogP contribution >= 0.6 is 0 Å². The topological polar surface area (TPSA) is 15.3 Å². The second-order valence-electron chi connectivity index (χ2n) is 5.63. The van der Waals surface area contributed by atoms with Crippen LogP contribution in [0.1, 0.15) is 46.0 Å². The third-order valence-corrected chi connectivity index (χ3v) is 4.46. The van der Waals surface area contributed by atoms with Gasteiger partial charge in [0.25, 0.3) is 0 Å². The van der Waals surface area contributed by atoms with Gasteiger partial charge in [0, 0.05) is 19.1 Å². The summed E-state index contributed by atoms with van der Waals surface area (Å²) < 4.78 is 0. The SMILES string of the molecule is CCCCC(C)N1CCC2(CC1)CNC2. The van der Waals surface area contributed by atoms with Crippen LogP contribution < -0.4 is 5.32 Å². The molecule has 0 bridgehead atoms. The fraction of sp³-hybridized carbons (Fsp3) is 1.00. The minimum Gasteiger partial charge on any atom is -0.316 e. The molecule has 15 heavy (non-hydrogen) atoms. The van der Waals surface area contributed by atoms with Gasteiger partial charge in [-0.05, 0) is 44.7 Å². The smallest absolute Gasteiger partial charge is 0.00669 e. The highest BCUT2D eigenvalue weighted by atomic mass is 15.2. The highest BCUT2D eigenvalue weighted by Gasteiger charge is 2.40. The van der Waals surface area contributed by atoms with Crippen molar-refractivity contribution in [3.8, 4) is 0 Å². The lowest BCUT2D eigenvalue weighted by atomic mass is 9.73. The van der Waals surface area contributed by atoms with Gasteiger partial charge in [-0.3, -0.25) is 0 Å². The van der Waals surface area contributed by atoms with Crippen molar-refractivity contribution in [2.24, 2.45) is 5.41 Å². The number of nitrogens with zero attached hydrogens (tertiary/aromatic N) is 1. The Hall–Kier alpha value is -0.0800. The molecule has 0 aliphatic carbocycles. The van der Waals surface area contributed by atoms with Gasteiger partial charge in [0.15, 0.2) is 0 Å². The summed E-state index contributed by atoms with van der Waals surface area (Å²) in [7, 11) is 0. The van der Waals surface area contributed by atoms with E-state index < -0.39 is 0 Å². The first-order valence-electron chi connectivity index (χ1n) is 6.70. The molecule has 1 atom stereocenters. The van der Waals surface area contributed by atoms with E-state index in [-0.39, 0.29) is 0 Å². The molecule has 88 valence electrons. The second kappa shape index (κ2) is 4.84. The monoisotopic (exact) mass is 210 g/mol. The summed E-state index contributed by atoms with van der Waals surface area (Å²) in [5.41, 5.74) is 0.709. The van der Waals surface area contributed by atoms with E-state index in [4.69, 9.17) is 0 Å². The summed E-state index contributed by atoms with van der Waals surface area (Å²) >= 11 is 0. The van der Waals surface area contributed by atoms with Gasteiger partial charge in [0.1, 0.15) is 0 Å². The van der Waals surface area contributed by atoms with Crippen molar-refractivity contribution in [1.29, 1.82) is 0 Å². The molecule has 0 radical (unpaired) electrons. The van der Waals surface area contributed by atoms with E-state index in [1.807, 2.05) is 0 Å². The number of hydrogen-bond acceptors (Lipinski definition) is 2. The Bertz CT molecular complexity index is 189. The quantitative estimate of drug-likeness (QED) is 0.765. The van der Waals surface area contributed by atoms with Crippen molar-refractivity contribution in [1.82, 2.24) is 10.2 Å². The van der Waals surface area contributed by atoms with Crippen molar-refractivity contribution in [3.05, 3.63) is 0 Å². The van der Waals surface area contributed by atoms with E-state index >= 15 is 0 Å². The van der Waals surface area contributed by atoms with Gasteiger partial charge in [0.05, 0.1) is 0 Å². The van der Waals surface area contributed by atoms with Crippen LogP contribution in [0.2, 0.25) is 0 Å². The Balaban J connectivity index is 1.72. The number of unbranched alkanes of at least 4 members (excludes halogenated alkanes) is 1. The lowest BCUT2D eigenvalue weighted by Crippen LogP contribution is -2.59. The standard InChI is InChI=1S/C13H26N2/c1-3-4-5-12(2)15-8-6-13(7-9-15)10-14-11-13/h12,14H,3-11H2,1-2H3. The third-order valence-electron chi connectivity index (χ3n) is 4.46. The highest BCUT2D eigenvalue weighted by molar-refractivity contribution is 4.96. The first-order chi connectivity index (χ1) is 7.26. The number of nitrogens with one attached hydrogen (secondary N) is 1. The molecule has 2 saturated heterocycles. The van der Waals surface area contributed by atoms with Crippen LogP contribution in [0.25, 0.3) is 0 Å². The number of rotatable bonds is 4. The van der Waals surface area contributed by atoms with Gasteiger partial charge in [-0.25, -0.2) is 0 Å². The van der Waals surface area contributed by atoms with Gasteiger partial charge < -0.3 is 10.2 Å². The molecule has 0 aromatic heterocycles. The number of piperidine rings is 1. The summed E-state index contributed by atoms with van der Waals surface area (Å²) in [5, 5.41) is 3.43. The van der Waals surface area contributed by atoms with Crippen molar-refractivity contribution >= 4 is 0 Å². The summed E-state index contributed by atoms with van der Waals surface area (Å²) in [6.07, 6.45) is 6.98. The first kappa shape index (κ1) is 11.4. The fourth-order valence-electron chi connectivity index (χ4n) is 2.95. The zero-order valence-electron chi connectivity index (χ0n) is 10.4. The molecule has 1 N–H and O–H groups in total. The molecule has 2 heterocycles. The molecular formula is C13H26N2. The maximum atomic E-state index is 3.43. The fourth-order valence-corrected chi connectivity index (χ4v) is 2.95. The van der Waals surface area contributed by atoms with Crippen LogP contribution in [0.5, 0.6) is 0 Å². The molecule has 0 aromatic rings. The lowest BCUT2D eigenvalue weighted by Gasteiger charge is -2.49. The molecular weight excluding hydrogens is 184 g/mol. The second-order valence-corrected chi connectivity index (χ2v) is 5.63. The molecule has 2 heteroatoms. The molecule has 1 unspecified atom stereocenters. The first-order valence-corrected chi connectivity index (χ1v) is 6.70.